The number of carbonyl (C=O) groups excluding carboxylic acids is 1. The predicted octanol–water partition coefficient (Wildman–Crippen LogP) is 2.20. The average molecular weight is 287 g/mol. The first-order valence-corrected chi connectivity index (χ1v) is 6.68. The molecule has 0 bridgehead atoms. The molecule has 1 aromatic carbocycles. The number of aliphatic carboxylic acids is 1. The highest BCUT2D eigenvalue weighted by Gasteiger charge is 2.20. The van der Waals surface area contributed by atoms with Crippen molar-refractivity contribution in [1.29, 1.82) is 0 Å². The van der Waals surface area contributed by atoms with Crippen molar-refractivity contribution in [3.63, 3.8) is 0 Å². The molecule has 1 amide bonds. The number of para-hydroxylation sites is 1. The van der Waals surface area contributed by atoms with Crippen LogP contribution in [-0.4, -0.2) is 33.3 Å². The van der Waals surface area contributed by atoms with Crippen molar-refractivity contribution in [2.45, 2.75) is 19.9 Å². The molecule has 2 rings (SSSR count). The fraction of sp³-hybridized carbons (Fsp3) is 0.267. The molecular weight excluding hydrogens is 270 g/mol. The summed E-state index contributed by atoms with van der Waals surface area (Å²) in [6.07, 6.45) is 2.86. The van der Waals surface area contributed by atoms with Crippen molar-refractivity contribution >= 4 is 17.6 Å². The van der Waals surface area contributed by atoms with Crippen molar-refractivity contribution in [3.8, 4) is 0 Å². The summed E-state index contributed by atoms with van der Waals surface area (Å²) in [7, 11) is 0. The maximum absolute atomic E-state index is 12.5. The van der Waals surface area contributed by atoms with Gasteiger partial charge in [0.15, 0.2) is 0 Å². The zero-order valence-corrected chi connectivity index (χ0v) is 11.9. The summed E-state index contributed by atoms with van der Waals surface area (Å²) in [6.45, 7) is 3.91. The molecular formula is C15H17N3O3. The Morgan fingerprint density at radius 2 is 2.00 bits per heavy atom. The van der Waals surface area contributed by atoms with Crippen molar-refractivity contribution in [2.75, 3.05) is 11.4 Å². The van der Waals surface area contributed by atoms with Crippen LogP contribution in [0.25, 0.3) is 0 Å². The third-order valence-corrected chi connectivity index (χ3v) is 3.23. The van der Waals surface area contributed by atoms with Crippen LogP contribution >= 0.6 is 0 Å². The molecule has 0 spiro atoms. The van der Waals surface area contributed by atoms with Gasteiger partial charge in [-0.15, -0.1) is 0 Å². The Hall–Kier alpha value is -2.63. The molecule has 1 aromatic heterocycles. The van der Waals surface area contributed by atoms with Gasteiger partial charge in [0.05, 0.1) is 11.8 Å². The van der Waals surface area contributed by atoms with E-state index in [-0.39, 0.29) is 5.91 Å². The number of rotatable bonds is 5. The molecule has 21 heavy (non-hydrogen) atoms. The second-order valence-electron chi connectivity index (χ2n) is 4.61. The number of carbonyl (C=O) groups is 2. The monoisotopic (exact) mass is 287 g/mol. The summed E-state index contributed by atoms with van der Waals surface area (Å²) < 4.78 is 1.27. The average Bonchev–Trinajstić information content (AvgIpc) is 2.97. The number of carboxylic acid groups (broad SMARTS) is 1. The van der Waals surface area contributed by atoms with Crippen LogP contribution in [0.1, 0.15) is 30.2 Å². The molecule has 0 aliphatic carbocycles. The summed E-state index contributed by atoms with van der Waals surface area (Å²) in [5.41, 5.74) is 1.16. The molecule has 0 aliphatic rings. The van der Waals surface area contributed by atoms with E-state index in [1.165, 1.54) is 24.0 Å². The topological polar surface area (TPSA) is 75.4 Å². The summed E-state index contributed by atoms with van der Waals surface area (Å²) in [5, 5.41) is 12.9. The van der Waals surface area contributed by atoms with E-state index >= 15 is 0 Å². The van der Waals surface area contributed by atoms with Gasteiger partial charge in [0.25, 0.3) is 5.91 Å². The van der Waals surface area contributed by atoms with Crippen molar-refractivity contribution in [3.05, 3.63) is 48.3 Å². The number of anilines is 1. The largest absolute Gasteiger partial charge is 0.480 e. The highest BCUT2D eigenvalue weighted by molar-refractivity contribution is 6.05. The van der Waals surface area contributed by atoms with Crippen molar-refractivity contribution in [1.82, 2.24) is 9.78 Å². The molecule has 1 unspecified atom stereocenters. The van der Waals surface area contributed by atoms with E-state index in [0.29, 0.717) is 12.1 Å². The lowest BCUT2D eigenvalue weighted by molar-refractivity contribution is -0.140. The van der Waals surface area contributed by atoms with Crippen molar-refractivity contribution in [2.24, 2.45) is 0 Å². The van der Waals surface area contributed by atoms with Gasteiger partial charge in [0, 0.05) is 18.4 Å². The number of carboxylic acids is 1. The lowest BCUT2D eigenvalue weighted by atomic mass is 10.2. The van der Waals surface area contributed by atoms with Gasteiger partial charge in [0.2, 0.25) is 0 Å². The summed E-state index contributed by atoms with van der Waals surface area (Å²) in [6, 6.07) is 8.51. The molecule has 6 nitrogen and oxygen atoms in total. The summed E-state index contributed by atoms with van der Waals surface area (Å²) in [5.74, 6) is -1.19. The second kappa shape index (κ2) is 6.21. The maximum Gasteiger partial charge on any atom is 0.328 e. The van der Waals surface area contributed by atoms with Crippen LogP contribution in [0, 0.1) is 0 Å². The number of benzene rings is 1. The Labute approximate surface area is 122 Å². The molecule has 0 radical (unpaired) electrons. The lowest BCUT2D eigenvalue weighted by Crippen LogP contribution is -2.30. The predicted molar refractivity (Wildman–Crippen MR) is 78.4 cm³/mol. The van der Waals surface area contributed by atoms with Crippen LogP contribution in [0.5, 0.6) is 0 Å². The Balaban J connectivity index is 2.25. The highest BCUT2D eigenvalue weighted by atomic mass is 16.4. The second-order valence-corrected chi connectivity index (χ2v) is 4.61. The smallest absolute Gasteiger partial charge is 0.328 e. The molecule has 1 atom stereocenters. The standard InChI is InChI=1S/C15H17N3O3/c1-3-17(13-7-5-4-6-8-13)14(19)12-9-16-18(10-12)11(2)15(20)21/h4-11H,3H2,1-2H3,(H,20,21). The van der Waals surface area contributed by atoms with E-state index in [9.17, 15) is 9.59 Å². The molecule has 0 saturated heterocycles. The van der Waals surface area contributed by atoms with Crippen LogP contribution in [0.15, 0.2) is 42.7 Å². The van der Waals surface area contributed by atoms with Gasteiger partial charge in [-0.2, -0.15) is 5.10 Å². The Kier molecular flexibility index (Phi) is 4.37. The molecule has 0 saturated carbocycles. The molecule has 0 aliphatic heterocycles. The molecule has 0 fully saturated rings. The number of hydrogen-bond acceptors (Lipinski definition) is 3. The fourth-order valence-electron chi connectivity index (χ4n) is 1.98. The van der Waals surface area contributed by atoms with Crippen molar-refractivity contribution < 1.29 is 14.7 Å². The number of aromatic nitrogens is 2. The van der Waals surface area contributed by atoms with E-state index in [1.807, 2.05) is 37.3 Å². The minimum atomic E-state index is -0.993. The number of amides is 1. The Morgan fingerprint density at radius 1 is 1.33 bits per heavy atom. The van der Waals surface area contributed by atoms with E-state index in [1.54, 1.807) is 4.90 Å². The van der Waals surface area contributed by atoms with Gasteiger partial charge in [-0.25, -0.2) is 4.79 Å². The van der Waals surface area contributed by atoms with Crippen LogP contribution in [-0.2, 0) is 4.79 Å². The van der Waals surface area contributed by atoms with E-state index in [0.717, 1.165) is 5.69 Å². The lowest BCUT2D eigenvalue weighted by Gasteiger charge is -2.20. The van der Waals surface area contributed by atoms with E-state index in [2.05, 4.69) is 5.10 Å². The van der Waals surface area contributed by atoms with Crippen LogP contribution in [0.4, 0.5) is 5.69 Å². The van der Waals surface area contributed by atoms with E-state index < -0.39 is 12.0 Å². The fourth-order valence-corrected chi connectivity index (χ4v) is 1.98. The first-order valence-electron chi connectivity index (χ1n) is 6.68. The Bertz CT molecular complexity index is 637. The first-order chi connectivity index (χ1) is 10.0. The number of nitrogens with zero attached hydrogens (tertiary/aromatic N) is 3. The summed E-state index contributed by atoms with van der Waals surface area (Å²) >= 11 is 0. The minimum Gasteiger partial charge on any atom is -0.480 e. The number of hydrogen-bond donors (Lipinski definition) is 1. The van der Waals surface area contributed by atoms with Crippen LogP contribution in [0.2, 0.25) is 0 Å². The molecule has 1 heterocycles. The van der Waals surface area contributed by atoms with Gasteiger partial charge in [-0.3, -0.25) is 9.48 Å². The highest BCUT2D eigenvalue weighted by Crippen LogP contribution is 2.17. The zero-order valence-electron chi connectivity index (χ0n) is 11.9. The van der Waals surface area contributed by atoms with Gasteiger partial charge in [0.1, 0.15) is 6.04 Å². The van der Waals surface area contributed by atoms with E-state index in [4.69, 9.17) is 5.11 Å². The third-order valence-electron chi connectivity index (χ3n) is 3.23. The summed E-state index contributed by atoms with van der Waals surface area (Å²) in [4.78, 5) is 25.1. The molecule has 6 heteroatoms. The van der Waals surface area contributed by atoms with Gasteiger partial charge in [-0.05, 0) is 26.0 Å². The molecule has 1 N–H and O–H groups in total. The first kappa shape index (κ1) is 14.8. The van der Waals surface area contributed by atoms with Crippen LogP contribution in [0.3, 0.4) is 0 Å². The maximum atomic E-state index is 12.5. The van der Waals surface area contributed by atoms with Crippen LogP contribution < -0.4 is 4.90 Å². The van der Waals surface area contributed by atoms with Gasteiger partial charge < -0.3 is 10.0 Å². The Morgan fingerprint density at radius 3 is 2.57 bits per heavy atom. The van der Waals surface area contributed by atoms with Gasteiger partial charge >= 0.3 is 5.97 Å². The zero-order chi connectivity index (χ0) is 15.4. The normalized spacial score (nSPS) is 11.9. The SMILES string of the molecule is CCN(C(=O)c1cnn(C(C)C(=O)O)c1)c1ccccc1. The minimum absolute atomic E-state index is 0.201. The van der Waals surface area contributed by atoms with Gasteiger partial charge in [-0.1, -0.05) is 18.2 Å². The third kappa shape index (κ3) is 3.10. The quantitative estimate of drug-likeness (QED) is 0.914. The molecule has 2 aromatic rings. The molecule has 110 valence electrons.